The van der Waals surface area contributed by atoms with Crippen LogP contribution >= 0.6 is 15.9 Å². The molecule has 1 aliphatic rings. The summed E-state index contributed by atoms with van der Waals surface area (Å²) in [6.07, 6.45) is -0.338. The molecular formula is C15H20BrN3O. The fraction of sp³-hybridized carbons (Fsp3) is 0.533. The number of nitrogens with one attached hydrogen (secondary N) is 1. The van der Waals surface area contributed by atoms with Crippen LogP contribution in [0.25, 0.3) is 0 Å². The van der Waals surface area contributed by atoms with Crippen molar-refractivity contribution in [1.29, 1.82) is 5.26 Å². The van der Waals surface area contributed by atoms with Crippen LogP contribution in [0.5, 0.6) is 0 Å². The van der Waals surface area contributed by atoms with Crippen molar-refractivity contribution in [3.05, 3.63) is 28.2 Å². The van der Waals surface area contributed by atoms with E-state index in [0.29, 0.717) is 13.2 Å². The number of rotatable bonds is 4. The molecule has 0 aromatic heterocycles. The molecule has 2 atom stereocenters. The minimum absolute atomic E-state index is 0.274. The molecule has 0 saturated carbocycles. The summed E-state index contributed by atoms with van der Waals surface area (Å²) in [6, 6.07) is 8.79. The van der Waals surface area contributed by atoms with Crippen molar-refractivity contribution in [2.45, 2.75) is 26.0 Å². The quantitative estimate of drug-likeness (QED) is 0.917. The highest BCUT2D eigenvalue weighted by atomic mass is 79.9. The Labute approximate surface area is 128 Å². The third-order valence-corrected chi connectivity index (χ3v) is 4.01. The molecular weight excluding hydrogens is 318 g/mol. The van der Waals surface area contributed by atoms with E-state index in [2.05, 4.69) is 58.2 Å². The van der Waals surface area contributed by atoms with Crippen LogP contribution in [0.3, 0.4) is 0 Å². The van der Waals surface area contributed by atoms with Crippen LogP contribution in [0.1, 0.15) is 25.5 Å². The molecule has 0 radical (unpaired) electrons. The Morgan fingerprint density at radius 2 is 2.40 bits per heavy atom. The molecule has 5 heteroatoms. The molecule has 4 nitrogen and oxygen atoms in total. The van der Waals surface area contributed by atoms with Gasteiger partial charge in [0.25, 0.3) is 0 Å². The van der Waals surface area contributed by atoms with Crippen LogP contribution in [0.4, 0.5) is 5.69 Å². The Bertz CT molecular complexity index is 500. The molecule has 1 aliphatic heterocycles. The highest BCUT2D eigenvalue weighted by Crippen LogP contribution is 2.30. The summed E-state index contributed by atoms with van der Waals surface area (Å²) in [6.45, 7) is 7.25. The topological polar surface area (TPSA) is 48.3 Å². The van der Waals surface area contributed by atoms with Gasteiger partial charge in [0.1, 0.15) is 0 Å². The van der Waals surface area contributed by atoms with Crippen molar-refractivity contribution in [3.8, 4) is 6.07 Å². The van der Waals surface area contributed by atoms with Crippen LogP contribution in [0.2, 0.25) is 0 Å². The van der Waals surface area contributed by atoms with Crippen molar-refractivity contribution in [2.75, 3.05) is 31.1 Å². The molecule has 2 rings (SSSR count). The minimum atomic E-state index is -0.338. The molecule has 1 fully saturated rings. The predicted molar refractivity (Wildman–Crippen MR) is 83.8 cm³/mol. The van der Waals surface area contributed by atoms with E-state index in [1.165, 1.54) is 11.3 Å². The second-order valence-electron chi connectivity index (χ2n) is 4.92. The van der Waals surface area contributed by atoms with Gasteiger partial charge in [-0.25, -0.2) is 0 Å². The molecule has 108 valence electrons. The normalized spacial score (nSPS) is 20.5. The summed E-state index contributed by atoms with van der Waals surface area (Å²) in [7, 11) is 0. The number of halogens is 1. The number of anilines is 1. The van der Waals surface area contributed by atoms with Gasteiger partial charge in [-0.15, -0.1) is 0 Å². The summed E-state index contributed by atoms with van der Waals surface area (Å²) in [4.78, 5) is 2.24. The Balaban J connectivity index is 2.28. The lowest BCUT2D eigenvalue weighted by Gasteiger charge is -2.34. The summed E-state index contributed by atoms with van der Waals surface area (Å²) < 4.78 is 6.50. The van der Waals surface area contributed by atoms with Crippen LogP contribution in [-0.2, 0) is 4.74 Å². The van der Waals surface area contributed by atoms with Crippen LogP contribution < -0.4 is 10.2 Å². The van der Waals surface area contributed by atoms with E-state index in [4.69, 9.17) is 10.00 Å². The summed E-state index contributed by atoms with van der Waals surface area (Å²) in [5.74, 6) is 0. The number of benzene rings is 1. The first-order chi connectivity index (χ1) is 9.65. The highest BCUT2D eigenvalue weighted by Gasteiger charge is 2.23. The van der Waals surface area contributed by atoms with Gasteiger partial charge in [-0.2, -0.15) is 5.26 Å². The SMILES string of the molecule is CCNC(C)c1cc(Br)ccc1N1CCOC(C#N)C1. The molecule has 1 heterocycles. The van der Waals surface area contributed by atoms with E-state index in [1.54, 1.807) is 0 Å². The first kappa shape index (κ1) is 15.3. The van der Waals surface area contributed by atoms with E-state index in [9.17, 15) is 0 Å². The van der Waals surface area contributed by atoms with Gasteiger partial charge in [-0.1, -0.05) is 22.9 Å². The average Bonchev–Trinajstić information content (AvgIpc) is 2.47. The number of ether oxygens (including phenoxy) is 1. The van der Waals surface area contributed by atoms with Crippen molar-refractivity contribution < 1.29 is 4.74 Å². The minimum Gasteiger partial charge on any atom is -0.365 e. The maximum Gasteiger partial charge on any atom is 0.161 e. The van der Waals surface area contributed by atoms with Gasteiger partial charge in [0.05, 0.1) is 19.2 Å². The fourth-order valence-corrected chi connectivity index (χ4v) is 2.90. The summed E-state index contributed by atoms with van der Waals surface area (Å²) in [5.41, 5.74) is 2.44. The van der Waals surface area contributed by atoms with Crippen molar-refractivity contribution in [3.63, 3.8) is 0 Å². The Kier molecular flexibility index (Phi) is 5.41. The zero-order chi connectivity index (χ0) is 14.5. The number of nitrogens with zero attached hydrogens (tertiary/aromatic N) is 2. The van der Waals surface area contributed by atoms with Crippen LogP contribution in [-0.4, -0.2) is 32.3 Å². The van der Waals surface area contributed by atoms with Gasteiger partial charge < -0.3 is 15.0 Å². The van der Waals surface area contributed by atoms with E-state index < -0.39 is 0 Å². The maximum atomic E-state index is 9.04. The van der Waals surface area contributed by atoms with Gasteiger partial charge >= 0.3 is 0 Å². The molecule has 0 aliphatic carbocycles. The fourth-order valence-electron chi connectivity index (χ4n) is 2.52. The molecule has 1 saturated heterocycles. The third-order valence-electron chi connectivity index (χ3n) is 3.52. The maximum absolute atomic E-state index is 9.04. The molecule has 1 N–H and O–H groups in total. The Hall–Kier alpha value is -1.09. The van der Waals surface area contributed by atoms with Gasteiger partial charge in [0.15, 0.2) is 6.10 Å². The van der Waals surface area contributed by atoms with Gasteiger partial charge in [0.2, 0.25) is 0 Å². The van der Waals surface area contributed by atoms with E-state index in [1.807, 2.05) is 6.07 Å². The summed E-state index contributed by atoms with van der Waals surface area (Å²) >= 11 is 3.54. The molecule has 0 bridgehead atoms. The van der Waals surface area contributed by atoms with Crippen LogP contribution in [0.15, 0.2) is 22.7 Å². The van der Waals surface area contributed by atoms with E-state index >= 15 is 0 Å². The zero-order valence-corrected chi connectivity index (χ0v) is 13.5. The monoisotopic (exact) mass is 337 g/mol. The first-order valence-corrected chi connectivity index (χ1v) is 7.74. The van der Waals surface area contributed by atoms with E-state index in [-0.39, 0.29) is 12.1 Å². The lowest BCUT2D eigenvalue weighted by Crippen LogP contribution is -2.42. The molecule has 0 spiro atoms. The second kappa shape index (κ2) is 7.07. The zero-order valence-electron chi connectivity index (χ0n) is 11.9. The lowest BCUT2D eigenvalue weighted by atomic mass is 10.0. The van der Waals surface area contributed by atoms with Crippen molar-refractivity contribution >= 4 is 21.6 Å². The molecule has 1 aromatic carbocycles. The van der Waals surface area contributed by atoms with Gasteiger partial charge in [-0.3, -0.25) is 0 Å². The predicted octanol–water partition coefficient (Wildman–Crippen LogP) is 2.85. The molecule has 2 unspecified atom stereocenters. The Morgan fingerprint density at radius 1 is 1.60 bits per heavy atom. The number of hydrogen-bond acceptors (Lipinski definition) is 4. The first-order valence-electron chi connectivity index (χ1n) is 6.94. The largest absolute Gasteiger partial charge is 0.365 e. The standard InChI is InChI=1S/C15H20BrN3O/c1-3-18-11(2)14-8-12(16)4-5-15(14)19-6-7-20-13(9-17)10-19/h4-5,8,11,13,18H,3,6-7,10H2,1-2H3. The van der Waals surface area contributed by atoms with Crippen LogP contribution in [0, 0.1) is 11.3 Å². The van der Waals surface area contributed by atoms with Crippen molar-refractivity contribution in [2.24, 2.45) is 0 Å². The lowest BCUT2D eigenvalue weighted by molar-refractivity contribution is 0.0763. The van der Waals surface area contributed by atoms with E-state index in [0.717, 1.165) is 17.6 Å². The molecule has 20 heavy (non-hydrogen) atoms. The highest BCUT2D eigenvalue weighted by molar-refractivity contribution is 9.10. The van der Waals surface area contributed by atoms with Gasteiger partial charge in [-0.05, 0) is 37.2 Å². The number of nitriles is 1. The van der Waals surface area contributed by atoms with Gasteiger partial charge in [0, 0.05) is 22.7 Å². The molecule has 1 aromatic rings. The Morgan fingerprint density at radius 3 is 3.10 bits per heavy atom. The number of morpholine rings is 1. The number of hydrogen-bond donors (Lipinski definition) is 1. The average molecular weight is 338 g/mol. The molecule has 0 amide bonds. The smallest absolute Gasteiger partial charge is 0.161 e. The van der Waals surface area contributed by atoms with Crippen molar-refractivity contribution in [1.82, 2.24) is 5.32 Å². The second-order valence-corrected chi connectivity index (χ2v) is 5.83. The third kappa shape index (κ3) is 3.51. The summed E-state index contributed by atoms with van der Waals surface area (Å²) in [5, 5.41) is 12.5.